The summed E-state index contributed by atoms with van der Waals surface area (Å²) < 4.78 is 47.6. The minimum atomic E-state index is -4.15. The van der Waals surface area contributed by atoms with Gasteiger partial charge in [0.15, 0.2) is 6.29 Å². The lowest BCUT2D eigenvalue weighted by molar-refractivity contribution is -0.188. The Balaban J connectivity index is 2.33. The maximum atomic E-state index is 12.3. The van der Waals surface area contributed by atoms with Crippen LogP contribution in [0.25, 0.3) is 0 Å². The van der Waals surface area contributed by atoms with Crippen LogP contribution in [-0.2, 0) is 9.47 Å². The fourth-order valence-corrected chi connectivity index (χ4v) is 1.72. The minimum absolute atomic E-state index is 0.139. The average molecular weight is 255 g/mol. The molecule has 1 fully saturated rings. The molecule has 0 amide bonds. The molecule has 0 bridgehead atoms. The van der Waals surface area contributed by atoms with E-state index in [9.17, 15) is 13.2 Å². The monoisotopic (exact) mass is 255 g/mol. The molecule has 17 heavy (non-hydrogen) atoms. The van der Waals surface area contributed by atoms with Crippen LogP contribution in [0.5, 0.6) is 0 Å². The summed E-state index contributed by atoms with van der Waals surface area (Å²) in [5.41, 5.74) is 0. The van der Waals surface area contributed by atoms with Gasteiger partial charge in [-0.25, -0.2) is 0 Å². The zero-order valence-corrected chi connectivity index (χ0v) is 10.3. The average Bonchev–Trinajstić information content (AvgIpc) is 2.24. The Morgan fingerprint density at radius 3 is 2.29 bits per heavy atom. The zero-order valence-electron chi connectivity index (χ0n) is 10.3. The highest BCUT2D eigenvalue weighted by atomic mass is 19.4. The largest absolute Gasteiger partial charge is 0.401 e. The second-order valence-electron chi connectivity index (χ2n) is 4.49. The van der Waals surface area contributed by atoms with Crippen LogP contribution in [0.1, 0.15) is 26.7 Å². The summed E-state index contributed by atoms with van der Waals surface area (Å²) in [5, 5.41) is 0. The van der Waals surface area contributed by atoms with Crippen LogP contribution in [0, 0.1) is 0 Å². The van der Waals surface area contributed by atoms with E-state index in [0.29, 0.717) is 26.2 Å². The van der Waals surface area contributed by atoms with E-state index < -0.39 is 12.7 Å². The van der Waals surface area contributed by atoms with E-state index in [1.54, 1.807) is 13.8 Å². The van der Waals surface area contributed by atoms with Crippen LogP contribution < -0.4 is 0 Å². The van der Waals surface area contributed by atoms with Gasteiger partial charge in [-0.05, 0) is 20.3 Å². The van der Waals surface area contributed by atoms with Crippen molar-refractivity contribution in [3.05, 3.63) is 0 Å². The third-order valence-corrected chi connectivity index (χ3v) is 2.66. The van der Waals surface area contributed by atoms with Gasteiger partial charge >= 0.3 is 6.18 Å². The smallest absolute Gasteiger partial charge is 0.353 e. The Morgan fingerprint density at radius 1 is 1.24 bits per heavy atom. The quantitative estimate of drug-likeness (QED) is 0.753. The highest BCUT2D eigenvalue weighted by Gasteiger charge is 2.32. The Bertz CT molecular complexity index is 215. The Kier molecular flexibility index (Phi) is 5.69. The molecule has 0 aromatic rings. The molecule has 0 aliphatic carbocycles. The lowest BCUT2D eigenvalue weighted by atomic mass is 10.2. The van der Waals surface area contributed by atoms with E-state index in [4.69, 9.17) is 9.47 Å². The summed E-state index contributed by atoms with van der Waals surface area (Å²) in [6, 6.07) is -0.139. The Labute approximate surface area is 99.9 Å². The Hall–Kier alpha value is -0.330. The van der Waals surface area contributed by atoms with Gasteiger partial charge in [0.05, 0.1) is 19.8 Å². The molecule has 0 unspecified atom stereocenters. The van der Waals surface area contributed by atoms with Crippen molar-refractivity contribution >= 4 is 0 Å². The van der Waals surface area contributed by atoms with Gasteiger partial charge in [0.1, 0.15) is 0 Å². The molecule has 1 heterocycles. The van der Waals surface area contributed by atoms with Gasteiger partial charge in [0.25, 0.3) is 0 Å². The first-order valence-electron chi connectivity index (χ1n) is 5.92. The van der Waals surface area contributed by atoms with Gasteiger partial charge < -0.3 is 9.47 Å². The molecule has 0 aromatic heterocycles. The van der Waals surface area contributed by atoms with Crippen molar-refractivity contribution in [1.29, 1.82) is 0 Å². The topological polar surface area (TPSA) is 21.7 Å². The number of rotatable bonds is 5. The molecule has 0 spiro atoms. The lowest BCUT2D eigenvalue weighted by Gasteiger charge is -2.30. The fourth-order valence-electron chi connectivity index (χ4n) is 1.72. The summed E-state index contributed by atoms with van der Waals surface area (Å²) in [4.78, 5) is 1.39. The van der Waals surface area contributed by atoms with Crippen LogP contribution in [0.4, 0.5) is 13.2 Å². The lowest BCUT2D eigenvalue weighted by Crippen LogP contribution is -2.41. The molecule has 102 valence electrons. The van der Waals surface area contributed by atoms with Crippen molar-refractivity contribution in [2.24, 2.45) is 0 Å². The van der Waals surface area contributed by atoms with Crippen molar-refractivity contribution in [2.75, 3.05) is 26.3 Å². The van der Waals surface area contributed by atoms with Gasteiger partial charge in [-0.3, -0.25) is 4.90 Å². The molecule has 0 radical (unpaired) electrons. The molecule has 0 saturated carbocycles. The molecule has 0 atom stereocenters. The maximum absolute atomic E-state index is 12.3. The van der Waals surface area contributed by atoms with E-state index >= 15 is 0 Å². The van der Waals surface area contributed by atoms with Crippen LogP contribution in [-0.4, -0.2) is 49.7 Å². The SMILES string of the molecule is CC(C)N(CCC1OCCCO1)CC(F)(F)F. The van der Waals surface area contributed by atoms with Crippen molar-refractivity contribution < 1.29 is 22.6 Å². The van der Waals surface area contributed by atoms with E-state index in [1.807, 2.05) is 0 Å². The van der Waals surface area contributed by atoms with Crippen LogP contribution in [0.2, 0.25) is 0 Å². The van der Waals surface area contributed by atoms with E-state index in [2.05, 4.69) is 0 Å². The number of alkyl halides is 3. The number of hydrogen-bond acceptors (Lipinski definition) is 3. The number of nitrogens with zero attached hydrogens (tertiary/aromatic N) is 1. The molecule has 1 aliphatic heterocycles. The molecule has 0 N–H and O–H groups in total. The van der Waals surface area contributed by atoms with E-state index in [-0.39, 0.29) is 12.3 Å². The first kappa shape index (κ1) is 14.7. The highest BCUT2D eigenvalue weighted by molar-refractivity contribution is 4.68. The molecule has 1 aliphatic rings. The van der Waals surface area contributed by atoms with Gasteiger partial charge in [0.2, 0.25) is 0 Å². The second kappa shape index (κ2) is 6.56. The molecule has 6 heteroatoms. The third-order valence-electron chi connectivity index (χ3n) is 2.66. The standard InChI is InChI=1S/C11H20F3NO2/c1-9(2)15(8-11(12,13)14)5-4-10-16-6-3-7-17-10/h9-10H,3-8H2,1-2H3. The molecule has 1 rings (SSSR count). The van der Waals surface area contributed by atoms with Crippen LogP contribution >= 0.6 is 0 Å². The number of halogens is 3. The van der Waals surface area contributed by atoms with E-state index in [1.165, 1.54) is 4.90 Å². The predicted molar refractivity (Wildman–Crippen MR) is 57.7 cm³/mol. The van der Waals surface area contributed by atoms with Gasteiger partial charge in [-0.15, -0.1) is 0 Å². The molecular formula is C11H20F3NO2. The van der Waals surface area contributed by atoms with Gasteiger partial charge in [-0.2, -0.15) is 13.2 Å². The first-order valence-corrected chi connectivity index (χ1v) is 5.92. The number of hydrogen-bond donors (Lipinski definition) is 0. The summed E-state index contributed by atoms with van der Waals surface area (Å²) in [6.45, 7) is 4.24. The predicted octanol–water partition coefficient (Wildman–Crippen LogP) is 2.41. The van der Waals surface area contributed by atoms with Gasteiger partial charge in [-0.1, -0.05) is 0 Å². The highest BCUT2D eigenvalue weighted by Crippen LogP contribution is 2.19. The molecule has 3 nitrogen and oxygen atoms in total. The van der Waals surface area contributed by atoms with E-state index in [0.717, 1.165) is 6.42 Å². The summed E-state index contributed by atoms with van der Waals surface area (Å²) in [7, 11) is 0. The normalized spacial score (nSPS) is 19.2. The first-order chi connectivity index (χ1) is 7.88. The zero-order chi connectivity index (χ0) is 12.9. The van der Waals surface area contributed by atoms with Gasteiger partial charge in [0, 0.05) is 19.0 Å². The molecule has 0 aromatic carbocycles. The van der Waals surface area contributed by atoms with Crippen molar-refractivity contribution in [1.82, 2.24) is 4.90 Å². The molecular weight excluding hydrogens is 235 g/mol. The van der Waals surface area contributed by atoms with Crippen LogP contribution in [0.15, 0.2) is 0 Å². The minimum Gasteiger partial charge on any atom is -0.353 e. The van der Waals surface area contributed by atoms with Crippen molar-refractivity contribution in [3.63, 3.8) is 0 Å². The summed E-state index contributed by atoms with van der Waals surface area (Å²) in [6.07, 6.45) is -3.17. The maximum Gasteiger partial charge on any atom is 0.401 e. The third kappa shape index (κ3) is 6.24. The van der Waals surface area contributed by atoms with Crippen molar-refractivity contribution in [3.8, 4) is 0 Å². The summed E-state index contributed by atoms with van der Waals surface area (Å²) in [5.74, 6) is 0. The fraction of sp³-hybridized carbons (Fsp3) is 1.00. The van der Waals surface area contributed by atoms with Crippen molar-refractivity contribution in [2.45, 2.75) is 45.2 Å². The number of ether oxygens (including phenoxy) is 2. The van der Waals surface area contributed by atoms with Crippen LogP contribution in [0.3, 0.4) is 0 Å². The summed E-state index contributed by atoms with van der Waals surface area (Å²) >= 11 is 0. The molecule has 1 saturated heterocycles. The second-order valence-corrected chi connectivity index (χ2v) is 4.49. The Morgan fingerprint density at radius 2 is 1.82 bits per heavy atom.